The maximum Gasteiger partial charge on any atom is 0.230 e. The number of aromatic nitrogens is 1. The number of hydrogen-bond donors (Lipinski definition) is 0. The van der Waals surface area contributed by atoms with E-state index >= 15 is 0 Å². The second-order valence-electron chi connectivity index (χ2n) is 6.42. The number of carbonyl (C=O) groups excluding carboxylic acids is 1. The quantitative estimate of drug-likeness (QED) is 0.148. The molecule has 0 saturated heterocycles. The van der Waals surface area contributed by atoms with Crippen molar-refractivity contribution in [3.63, 3.8) is 0 Å². The van der Waals surface area contributed by atoms with E-state index in [4.69, 9.17) is 44.1 Å². The highest BCUT2D eigenvalue weighted by Crippen LogP contribution is 2.39. The van der Waals surface area contributed by atoms with Crippen LogP contribution >= 0.6 is 34.8 Å². The van der Waals surface area contributed by atoms with Crippen LogP contribution in [0.4, 0.5) is 5.69 Å². The summed E-state index contributed by atoms with van der Waals surface area (Å²) in [7, 11) is 0. The maximum absolute atomic E-state index is 11.8. The molecule has 3 rings (SSSR count). The Kier molecular flexibility index (Phi) is 6.95. The van der Waals surface area contributed by atoms with Gasteiger partial charge in [0, 0.05) is 26.7 Å². The molecule has 1 aromatic heterocycles. The first-order chi connectivity index (χ1) is 14.3. The normalized spacial score (nSPS) is 10.5. The van der Waals surface area contributed by atoms with Crippen molar-refractivity contribution >= 4 is 52.7 Å². The number of benzene rings is 2. The lowest BCUT2D eigenvalue weighted by Crippen LogP contribution is -2.05. The van der Waals surface area contributed by atoms with E-state index in [1.807, 2.05) is 20.8 Å². The van der Waals surface area contributed by atoms with E-state index in [2.05, 4.69) is 21.3 Å². The minimum Gasteiger partial charge on any atom is -0.476 e. The molecule has 154 valence electrons. The lowest BCUT2D eigenvalue weighted by Gasteiger charge is -2.14. The second-order valence-corrected chi connectivity index (χ2v) is 7.61. The van der Waals surface area contributed by atoms with Gasteiger partial charge in [-0.05, 0) is 61.7 Å². The van der Waals surface area contributed by atoms with Crippen molar-refractivity contribution < 1.29 is 18.8 Å². The Morgan fingerprint density at radius 2 is 1.73 bits per heavy atom. The first-order valence-corrected chi connectivity index (χ1v) is 9.91. The predicted molar refractivity (Wildman–Crippen MR) is 115 cm³/mol. The molecular formula is C21H16Cl3N3O3. The third kappa shape index (κ3) is 4.91. The maximum atomic E-state index is 11.8. The molecule has 1 heterocycles. The first-order valence-electron chi connectivity index (χ1n) is 8.77. The van der Waals surface area contributed by atoms with Crippen LogP contribution in [0.2, 0.25) is 15.1 Å². The van der Waals surface area contributed by atoms with E-state index in [-0.39, 0.29) is 6.61 Å². The molecule has 0 atom stereocenters. The Hall–Kier alpha value is -2.63. The summed E-state index contributed by atoms with van der Waals surface area (Å²) < 4.78 is 10.3. The van der Waals surface area contributed by atoms with E-state index in [9.17, 15) is 4.79 Å². The van der Waals surface area contributed by atoms with Gasteiger partial charge in [0.25, 0.3) is 0 Å². The van der Waals surface area contributed by atoms with Crippen LogP contribution in [0, 0.1) is 20.8 Å². The van der Waals surface area contributed by atoms with Gasteiger partial charge in [0.05, 0.1) is 5.11 Å². The molecule has 6 nitrogen and oxygen atoms in total. The zero-order chi connectivity index (χ0) is 21.8. The van der Waals surface area contributed by atoms with Crippen molar-refractivity contribution in [3.8, 4) is 11.3 Å². The van der Waals surface area contributed by atoms with Crippen LogP contribution in [0.15, 0.2) is 40.0 Å². The number of ether oxygens (including phenoxy) is 1. The highest BCUT2D eigenvalue weighted by molar-refractivity contribution is 6.37. The van der Waals surface area contributed by atoms with Crippen molar-refractivity contribution in [1.82, 2.24) is 5.16 Å². The van der Waals surface area contributed by atoms with Crippen LogP contribution in [0.1, 0.15) is 22.5 Å². The first kappa shape index (κ1) is 22.1. The van der Waals surface area contributed by atoms with Crippen LogP contribution in [0.5, 0.6) is 0 Å². The lowest BCUT2D eigenvalue weighted by molar-refractivity contribution is -0.144. The van der Waals surface area contributed by atoms with Crippen LogP contribution in [0.25, 0.3) is 11.3 Å². The Morgan fingerprint density at radius 3 is 2.37 bits per heavy atom. The number of carbonyl (C=O) groups is 1. The summed E-state index contributed by atoms with van der Waals surface area (Å²) in [4.78, 5) is 15.3. The van der Waals surface area contributed by atoms with Crippen molar-refractivity contribution in [2.75, 3.05) is 0 Å². The lowest BCUT2D eigenvalue weighted by atomic mass is 9.97. The average molecular weight is 465 g/mol. The van der Waals surface area contributed by atoms with Crippen molar-refractivity contribution in [1.29, 1.82) is 0 Å². The minimum absolute atomic E-state index is 0.138. The molecule has 0 aliphatic rings. The molecule has 0 bridgehead atoms. The highest BCUT2D eigenvalue weighted by atomic mass is 35.5. The molecular weight excluding hydrogens is 449 g/mol. The molecule has 30 heavy (non-hydrogen) atoms. The Morgan fingerprint density at radius 1 is 1.10 bits per heavy atom. The van der Waals surface area contributed by atoms with Crippen molar-refractivity contribution in [3.05, 3.63) is 67.9 Å². The van der Waals surface area contributed by atoms with E-state index in [1.165, 1.54) is 0 Å². The fourth-order valence-electron chi connectivity index (χ4n) is 2.84. The molecule has 2 aromatic carbocycles. The number of rotatable bonds is 5. The van der Waals surface area contributed by atoms with Crippen LogP contribution in [0.3, 0.4) is 0 Å². The number of halogens is 3. The minimum atomic E-state index is -0.792. The van der Waals surface area contributed by atoms with Crippen LogP contribution in [-0.4, -0.2) is 22.1 Å². The molecule has 0 spiro atoms. The van der Waals surface area contributed by atoms with Crippen LogP contribution < -0.4 is 0 Å². The molecule has 0 unspecified atom stereocenters. The SMILES string of the molecule is Cc1c(Cl)c(C)c(-c2cc(COC(=O)[C-]=[N+]=Nc3ccc(Cl)cc3)on2)c(C)c1Cl. The Balaban J connectivity index is 1.69. The van der Waals surface area contributed by atoms with Crippen molar-refractivity contribution in [2.24, 2.45) is 5.11 Å². The van der Waals surface area contributed by atoms with Crippen molar-refractivity contribution in [2.45, 2.75) is 27.4 Å². The highest BCUT2D eigenvalue weighted by Gasteiger charge is 2.19. The molecule has 0 amide bonds. The molecule has 0 fully saturated rings. The van der Waals surface area contributed by atoms with Gasteiger partial charge in [0.15, 0.2) is 5.76 Å². The van der Waals surface area contributed by atoms with E-state index in [0.29, 0.717) is 32.2 Å². The fraction of sp³-hybridized carbons (Fsp3) is 0.190. The molecule has 0 aliphatic heterocycles. The Labute approximate surface area is 188 Å². The van der Waals surface area contributed by atoms with Gasteiger partial charge in [0.1, 0.15) is 24.2 Å². The predicted octanol–water partition coefficient (Wildman–Crippen LogP) is 6.21. The summed E-state index contributed by atoms with van der Waals surface area (Å²) in [5.74, 6) is -0.444. The smallest absolute Gasteiger partial charge is 0.230 e. The standard InChI is InChI=1S/C21H16Cl3N3O3/c1-11-19(12(2)21(24)13(3)20(11)23)17-8-16(30-27-17)10-29-18(28)9-25-26-15-6-4-14(22)5-7-15/h4-8H,10H2,1-3H3. The summed E-state index contributed by atoms with van der Waals surface area (Å²) in [6.45, 7) is 5.50. The number of esters is 1. The van der Waals surface area contributed by atoms with Gasteiger partial charge in [-0.1, -0.05) is 40.0 Å². The summed E-state index contributed by atoms with van der Waals surface area (Å²) in [5, 5.41) is 9.60. The summed E-state index contributed by atoms with van der Waals surface area (Å²) >= 11 is 18.5. The number of hydrogen-bond acceptors (Lipinski definition) is 5. The summed E-state index contributed by atoms with van der Waals surface area (Å²) in [5.41, 5.74) is 4.37. The van der Waals surface area contributed by atoms with E-state index < -0.39 is 5.97 Å². The van der Waals surface area contributed by atoms with Gasteiger partial charge < -0.3 is 9.26 Å². The average Bonchev–Trinajstić information content (AvgIpc) is 3.19. The Bertz CT molecular complexity index is 1140. The third-order valence-electron chi connectivity index (χ3n) is 4.36. The molecule has 0 aliphatic carbocycles. The zero-order valence-corrected chi connectivity index (χ0v) is 18.6. The van der Waals surface area contributed by atoms with Gasteiger partial charge in [-0.15, -0.1) is 4.79 Å². The van der Waals surface area contributed by atoms with Gasteiger partial charge in [-0.2, -0.15) is 0 Å². The zero-order valence-electron chi connectivity index (χ0n) is 16.3. The van der Waals surface area contributed by atoms with Gasteiger partial charge in [-0.25, -0.2) is 0 Å². The summed E-state index contributed by atoms with van der Waals surface area (Å²) in [6.07, 6.45) is 2.16. The monoisotopic (exact) mass is 463 g/mol. The third-order valence-corrected chi connectivity index (χ3v) is 5.75. The number of nitrogens with zero attached hydrogens (tertiary/aromatic N) is 3. The molecule has 3 aromatic rings. The van der Waals surface area contributed by atoms with E-state index in [1.54, 1.807) is 30.3 Å². The second kappa shape index (κ2) is 9.45. The molecule has 9 heteroatoms. The molecule has 0 radical (unpaired) electrons. The fourth-order valence-corrected chi connectivity index (χ4v) is 3.40. The van der Waals surface area contributed by atoms with Gasteiger partial charge in [0.2, 0.25) is 5.97 Å². The molecule has 0 saturated carbocycles. The van der Waals surface area contributed by atoms with E-state index in [0.717, 1.165) is 22.3 Å². The van der Waals surface area contributed by atoms with Crippen LogP contribution in [-0.2, 0) is 16.1 Å². The largest absolute Gasteiger partial charge is 0.476 e. The topological polar surface area (TPSA) is 78.8 Å². The van der Waals surface area contributed by atoms with Gasteiger partial charge in [-0.3, -0.25) is 4.79 Å². The van der Waals surface area contributed by atoms with Gasteiger partial charge >= 0.3 is 0 Å². The summed E-state index contributed by atoms with van der Waals surface area (Å²) in [6, 6.07) is 8.30. The molecule has 0 N–H and O–H groups in total.